The zero-order valence-corrected chi connectivity index (χ0v) is 7.50. The van der Waals surface area contributed by atoms with Crippen LogP contribution in [0.4, 0.5) is 0 Å². The minimum atomic E-state index is -2.30. The summed E-state index contributed by atoms with van der Waals surface area (Å²) in [7, 11) is 1.80. The maximum absolute atomic E-state index is 7.62. The number of rotatable bonds is 2. The zero-order valence-electron chi connectivity index (χ0n) is 9.93. The van der Waals surface area contributed by atoms with Gasteiger partial charge in [-0.15, -0.1) is 24.0 Å². The lowest BCUT2D eigenvalue weighted by atomic mass is 10.2. The highest BCUT2D eigenvalue weighted by Gasteiger charge is 2.19. The van der Waals surface area contributed by atoms with Crippen LogP contribution in [0.25, 0.3) is 0 Å². The lowest BCUT2D eigenvalue weighted by Crippen LogP contribution is -2.24. The van der Waals surface area contributed by atoms with Gasteiger partial charge in [0.15, 0.2) is 0 Å². The molecule has 0 aliphatic carbocycles. The zero-order chi connectivity index (χ0) is 10.3. The molecule has 1 heterocycles. The summed E-state index contributed by atoms with van der Waals surface area (Å²) >= 11 is 5.40. The van der Waals surface area contributed by atoms with Gasteiger partial charge in [0, 0.05) is 17.4 Å². The van der Waals surface area contributed by atoms with Crippen molar-refractivity contribution in [2.45, 2.75) is 25.3 Å². The molecule has 1 rings (SSSR count). The minimum Gasteiger partial charge on any atom is -0.303 e. The fraction of sp³-hybridized carbons (Fsp3) is 1.00. The molecule has 1 saturated heterocycles. The number of hydrogen-bond acceptors (Lipinski definition) is 1. The molecule has 0 bridgehead atoms. The molecule has 0 saturated carbocycles. The van der Waals surface area contributed by atoms with Crippen LogP contribution in [-0.4, -0.2) is 30.4 Å². The topological polar surface area (TPSA) is 3.24 Å². The summed E-state index contributed by atoms with van der Waals surface area (Å²) < 4.78 is 29.7. The lowest BCUT2D eigenvalue weighted by Gasteiger charge is -2.17. The third kappa shape index (κ3) is 2.65. The Morgan fingerprint density at radius 1 is 1.80 bits per heavy atom. The van der Waals surface area contributed by atoms with Crippen LogP contribution in [0.5, 0.6) is 0 Å². The molecule has 0 aromatic heterocycles. The van der Waals surface area contributed by atoms with Crippen LogP contribution in [0.2, 0.25) is 0 Å². The molecule has 0 aromatic rings. The summed E-state index contributed by atoms with van der Waals surface area (Å²) in [5, 5.41) is 0. The van der Waals surface area contributed by atoms with E-state index in [2.05, 4.69) is 0 Å². The second-order valence-corrected chi connectivity index (χ2v) is 2.57. The molecule has 1 aliphatic heterocycles. The molecule has 0 unspecified atom stereocenters. The predicted octanol–water partition coefficient (Wildman–Crippen LogP) is 2.13. The highest BCUT2D eigenvalue weighted by Crippen LogP contribution is 2.17. The summed E-state index contributed by atoms with van der Waals surface area (Å²) in [4.78, 5) is 1.83. The molecule has 10 heavy (non-hydrogen) atoms. The minimum absolute atomic E-state index is 0. The molecule has 0 N–H and O–H groups in total. The summed E-state index contributed by atoms with van der Waals surface area (Å²) in [5.41, 5.74) is 0. The van der Waals surface area contributed by atoms with Gasteiger partial charge in [0.05, 0.1) is 0 Å². The molecule has 0 spiro atoms. The first-order valence-corrected chi connectivity index (χ1v) is 3.54. The largest absolute Gasteiger partial charge is 0.303 e. The van der Waals surface area contributed by atoms with Crippen molar-refractivity contribution in [2.75, 3.05) is 19.4 Å². The van der Waals surface area contributed by atoms with Gasteiger partial charge in [-0.3, -0.25) is 0 Å². The highest BCUT2D eigenvalue weighted by molar-refractivity contribution is 6.17. The first-order valence-electron chi connectivity index (χ1n) is 5.16. The van der Waals surface area contributed by atoms with E-state index < -0.39 is 18.2 Å². The average Bonchev–Trinajstić information content (AvgIpc) is 2.32. The van der Waals surface area contributed by atoms with Crippen molar-refractivity contribution in [3.63, 3.8) is 0 Å². The van der Waals surface area contributed by atoms with Gasteiger partial charge in [-0.05, 0) is 32.8 Å². The maximum Gasteiger partial charge on any atom is 0.0436 e. The molecule has 0 aromatic carbocycles. The van der Waals surface area contributed by atoms with Crippen molar-refractivity contribution in [1.82, 2.24) is 4.90 Å². The monoisotopic (exact) mass is 187 g/mol. The van der Waals surface area contributed by atoms with Crippen LogP contribution in [0.1, 0.15) is 24.7 Å². The summed E-state index contributed by atoms with van der Waals surface area (Å²) in [6, 6.07) is -0.403. The third-order valence-corrected chi connectivity index (χ3v) is 1.85. The van der Waals surface area contributed by atoms with Crippen molar-refractivity contribution in [2.24, 2.45) is 0 Å². The fourth-order valence-electron chi connectivity index (χ4n) is 1.16. The van der Waals surface area contributed by atoms with Gasteiger partial charge in [-0.2, -0.15) is 0 Å². The van der Waals surface area contributed by atoms with Crippen LogP contribution < -0.4 is 0 Å². The molecule has 1 aliphatic rings. The van der Waals surface area contributed by atoms with E-state index in [1.54, 1.807) is 7.05 Å². The van der Waals surface area contributed by atoms with E-state index in [4.69, 9.17) is 17.1 Å². The van der Waals surface area contributed by atoms with Crippen LogP contribution in [0.15, 0.2) is 0 Å². The first kappa shape index (κ1) is 5.23. The van der Waals surface area contributed by atoms with E-state index in [1.807, 2.05) is 4.90 Å². The standard InChI is InChI=1S/C7H14ClN.ClH/c1-9-6-2-3-7(9)4-5-8;/h7H,2-6H2,1H3;1H/t7-;/m1./s1/i4D2,5D2;. The molecule has 3 heteroatoms. The summed E-state index contributed by atoms with van der Waals surface area (Å²) in [6.45, 7) is 0.817. The number of hydrogen-bond donors (Lipinski definition) is 0. The van der Waals surface area contributed by atoms with E-state index in [1.165, 1.54) is 0 Å². The third-order valence-electron chi connectivity index (χ3n) is 1.74. The Balaban J connectivity index is 0.00000169. The molecule has 0 amide bonds. The molecule has 1 atom stereocenters. The summed E-state index contributed by atoms with van der Waals surface area (Å²) in [5.74, 6) is -2.30. The van der Waals surface area contributed by atoms with Crippen molar-refractivity contribution in [3.05, 3.63) is 0 Å². The van der Waals surface area contributed by atoms with Crippen molar-refractivity contribution < 1.29 is 5.48 Å². The Morgan fingerprint density at radius 2 is 2.50 bits per heavy atom. The second-order valence-electron chi connectivity index (χ2n) is 2.38. The van der Waals surface area contributed by atoms with Crippen LogP contribution >= 0.6 is 24.0 Å². The number of alkyl halides is 1. The van der Waals surface area contributed by atoms with E-state index in [0.717, 1.165) is 13.0 Å². The fourth-order valence-corrected chi connectivity index (χ4v) is 1.28. The van der Waals surface area contributed by atoms with E-state index in [0.29, 0.717) is 6.42 Å². The number of halogens is 2. The lowest BCUT2D eigenvalue weighted by molar-refractivity contribution is 0.305. The normalized spacial score (nSPS) is 35.2. The Hall–Kier alpha value is 0.540. The van der Waals surface area contributed by atoms with Gasteiger partial charge in [0.25, 0.3) is 0 Å². The predicted molar refractivity (Wildman–Crippen MR) is 48.2 cm³/mol. The molecule has 1 nitrogen and oxygen atoms in total. The number of nitrogens with zero attached hydrogens (tertiary/aromatic N) is 1. The summed E-state index contributed by atoms with van der Waals surface area (Å²) in [6.07, 6.45) is -0.400. The van der Waals surface area contributed by atoms with Gasteiger partial charge in [-0.25, -0.2) is 0 Å². The Labute approximate surface area is 79.8 Å². The van der Waals surface area contributed by atoms with Gasteiger partial charge in [0.1, 0.15) is 0 Å². The Morgan fingerprint density at radius 3 is 2.90 bits per heavy atom. The smallest absolute Gasteiger partial charge is 0.0436 e. The van der Waals surface area contributed by atoms with Crippen LogP contribution in [0, 0.1) is 0 Å². The number of likely N-dealkylation sites (tertiary alicyclic amines) is 1. The molecular weight excluding hydrogens is 169 g/mol. The van der Waals surface area contributed by atoms with Crippen LogP contribution in [0.3, 0.4) is 0 Å². The molecular formula is C7H15Cl2N. The average molecular weight is 188 g/mol. The van der Waals surface area contributed by atoms with Crippen molar-refractivity contribution >= 4 is 24.0 Å². The molecule has 62 valence electrons. The maximum atomic E-state index is 7.62. The van der Waals surface area contributed by atoms with Gasteiger partial charge in [-0.1, -0.05) is 0 Å². The van der Waals surface area contributed by atoms with E-state index in [9.17, 15) is 0 Å². The first-order chi connectivity index (χ1) is 5.77. The van der Waals surface area contributed by atoms with Gasteiger partial charge < -0.3 is 4.90 Å². The van der Waals surface area contributed by atoms with Gasteiger partial charge in [0.2, 0.25) is 0 Å². The highest BCUT2D eigenvalue weighted by atomic mass is 35.5. The Bertz CT molecular complexity index is 195. The molecule has 1 fully saturated rings. The Kier molecular flexibility index (Phi) is 2.73. The van der Waals surface area contributed by atoms with Crippen LogP contribution in [-0.2, 0) is 0 Å². The SMILES string of the molecule is Cl.[2H]C([2H])(Cl)C([2H])([2H])[C@H]1CCCN1C. The molecule has 0 radical (unpaired) electrons. The van der Waals surface area contributed by atoms with Crippen molar-refractivity contribution in [3.8, 4) is 0 Å². The van der Waals surface area contributed by atoms with E-state index in [-0.39, 0.29) is 12.4 Å². The van der Waals surface area contributed by atoms with Gasteiger partial charge >= 0.3 is 0 Å². The van der Waals surface area contributed by atoms with E-state index >= 15 is 0 Å². The van der Waals surface area contributed by atoms with Crippen molar-refractivity contribution in [1.29, 1.82) is 0 Å². The quantitative estimate of drug-likeness (QED) is 0.600. The second kappa shape index (κ2) is 5.22.